The predicted octanol–water partition coefficient (Wildman–Crippen LogP) is -9.36. The summed E-state index contributed by atoms with van der Waals surface area (Å²) in [4.78, 5) is 15.0. The van der Waals surface area contributed by atoms with Crippen molar-refractivity contribution < 1.29 is 4.42 Å². The number of furan rings is 1. The van der Waals surface area contributed by atoms with Gasteiger partial charge in [0.2, 0.25) is 0 Å². The fourth-order valence-electron chi connectivity index (χ4n) is 10.3. The third-order valence-electron chi connectivity index (χ3n) is 14.6. The molecule has 0 radical (unpaired) electrons. The summed E-state index contributed by atoms with van der Waals surface area (Å²) in [5.74, 6) is 1.86. The molecule has 0 fully saturated rings. The van der Waals surface area contributed by atoms with E-state index in [1.165, 1.54) is 98.5 Å². The molecule has 0 bridgehead atoms. The van der Waals surface area contributed by atoms with Crippen molar-refractivity contribution in [2.45, 2.75) is 0 Å². The smallest absolute Gasteiger partial charge is 0.164 e. The Balaban J connectivity index is 1.26. The normalized spacial score (nSPS) is 11.7. The van der Waals surface area contributed by atoms with E-state index in [9.17, 15) is 0 Å². The molecule has 0 N–H and O–H groups in total. The monoisotopic (exact) mass is 784 g/mol. The summed E-state index contributed by atoms with van der Waals surface area (Å²) in [6, 6.07) is 33.1. The average molecular weight is 783 g/mol. The highest BCUT2D eigenvalue weighted by atomic mass is 16.3. The van der Waals surface area contributed by atoms with E-state index in [4.69, 9.17) is 19.4 Å². The molecule has 0 aliphatic carbocycles. The Hall–Kier alpha value is -6.07. The molecule has 3 aromatic heterocycles. The van der Waals surface area contributed by atoms with Crippen molar-refractivity contribution in [1.82, 2.24) is 19.5 Å². The minimum Gasteiger partial charge on any atom is -0.456 e. The summed E-state index contributed by atoms with van der Waals surface area (Å²) in [6.07, 6.45) is 0. The van der Waals surface area contributed by atoms with Crippen LogP contribution >= 0.6 is 0 Å². The Labute approximate surface area is 373 Å². The van der Waals surface area contributed by atoms with E-state index in [0.717, 1.165) is 44.3 Å². The van der Waals surface area contributed by atoms with E-state index >= 15 is 0 Å². The molecule has 0 saturated carbocycles. The van der Waals surface area contributed by atoms with Crippen LogP contribution in [0.25, 0.3) is 94.7 Å². The second kappa shape index (κ2) is 14.8. The van der Waals surface area contributed by atoms with Crippen LogP contribution in [0.5, 0.6) is 0 Å². The zero-order valence-corrected chi connectivity index (χ0v) is 37.9. The van der Waals surface area contributed by atoms with Crippen LogP contribution in [0.2, 0.25) is 0 Å². The fourth-order valence-corrected chi connectivity index (χ4v) is 10.3. The van der Waals surface area contributed by atoms with Crippen LogP contribution in [-0.4, -0.2) is 114 Å². The lowest BCUT2D eigenvalue weighted by Crippen LogP contribution is -2.56. The van der Waals surface area contributed by atoms with Crippen LogP contribution in [0.15, 0.2) is 101 Å². The van der Waals surface area contributed by atoms with Crippen LogP contribution < -0.4 is 65.6 Å². The van der Waals surface area contributed by atoms with Crippen molar-refractivity contribution >= 4 is 203 Å². The number of hydrogen-bond acceptors (Lipinski definition) is 4. The molecule has 10 rings (SSSR count). The molecule has 10 aromatic rings. The van der Waals surface area contributed by atoms with Crippen LogP contribution in [0.3, 0.4) is 0 Å². The van der Waals surface area contributed by atoms with Gasteiger partial charge in [-0.3, -0.25) is 0 Å². The van der Waals surface area contributed by atoms with Crippen LogP contribution in [-0.2, 0) is 0 Å². The van der Waals surface area contributed by atoms with Crippen LogP contribution in [0.1, 0.15) is 0 Å². The van der Waals surface area contributed by atoms with Gasteiger partial charge in [-0.2, -0.15) is 0 Å². The summed E-state index contributed by atoms with van der Waals surface area (Å²) >= 11 is 0. The van der Waals surface area contributed by atoms with E-state index < -0.39 is 0 Å². The van der Waals surface area contributed by atoms with Gasteiger partial charge >= 0.3 is 0 Å². The first-order valence-corrected chi connectivity index (χ1v) is 21.7. The molecule has 0 saturated heterocycles. The standard InChI is InChI=1S/C45H40B12N4O/c46-29-25(26-30(47)34(51)37(54)35(52)31(26)48)32(49)39(56)41-27(29)28-33(50)36(53)38(55)40(57)42(28)61(41)21-12-7-13-22-24(21)20-15-14-19(16-23(20)62-22)45-59-43(17-8-3-1-4-9-17)58-44(60-45)18-10-5-2-6-11-18/h1-16H,46-57H2. The molecule has 3 heterocycles. The van der Waals surface area contributed by atoms with Gasteiger partial charge in [0.1, 0.15) is 105 Å². The highest BCUT2D eigenvalue weighted by Crippen LogP contribution is 2.38. The lowest BCUT2D eigenvalue weighted by molar-refractivity contribution is 0.669. The maximum atomic E-state index is 6.83. The molecule has 0 aliphatic heterocycles. The summed E-state index contributed by atoms with van der Waals surface area (Å²) in [5.41, 5.74) is 26.9. The molecule has 62 heavy (non-hydrogen) atoms. The molecule has 0 amide bonds. The molecular weight excluding hydrogens is 742 g/mol. The second-order valence-corrected chi connectivity index (χ2v) is 17.5. The molecule has 17 heteroatoms. The molecule has 282 valence electrons. The van der Waals surface area contributed by atoms with Gasteiger partial charge in [-0.15, -0.1) is 21.9 Å². The van der Waals surface area contributed by atoms with Gasteiger partial charge in [0.15, 0.2) is 17.5 Å². The van der Waals surface area contributed by atoms with Crippen LogP contribution in [0.4, 0.5) is 0 Å². The van der Waals surface area contributed by atoms with E-state index in [1.54, 1.807) is 0 Å². The highest BCUT2D eigenvalue weighted by Gasteiger charge is 2.27. The number of rotatable bonds is 5. The van der Waals surface area contributed by atoms with Gasteiger partial charge in [0.25, 0.3) is 0 Å². The zero-order valence-electron chi connectivity index (χ0n) is 37.9. The highest BCUT2D eigenvalue weighted by molar-refractivity contribution is 6.72. The summed E-state index contributed by atoms with van der Waals surface area (Å²) in [7, 11) is 27.7. The first-order chi connectivity index (χ1) is 29.8. The Morgan fingerprint density at radius 3 is 1.39 bits per heavy atom. The number of hydrogen-bond donors (Lipinski definition) is 0. The van der Waals surface area contributed by atoms with Gasteiger partial charge in [-0.25, -0.2) is 15.0 Å². The fraction of sp³-hybridized carbons (Fsp3) is 0. The van der Waals surface area contributed by atoms with E-state index in [1.807, 2.05) is 60.7 Å². The topological polar surface area (TPSA) is 56.7 Å². The van der Waals surface area contributed by atoms with Crippen molar-refractivity contribution in [3.8, 4) is 51.0 Å². The lowest BCUT2D eigenvalue weighted by atomic mass is 9.57. The third kappa shape index (κ3) is 5.83. The first kappa shape index (κ1) is 40.0. The van der Waals surface area contributed by atoms with Gasteiger partial charge in [-0.05, 0) is 40.8 Å². The zero-order chi connectivity index (χ0) is 43.5. The SMILES string of the molecule is Bc1c(B)c(B)c(-c2c(B)c(B)c3c(c2B)c2c(B)c(B)c(B)c(B)c2n3-c2cccc3oc4cc(-c5nc(-c6ccccc6)nc(-c6ccccc6)n5)ccc4c23)c(B)c1B. The number of fused-ring (bicyclic) bond motifs is 6. The molecular formula is C45H40B12N4O. The van der Waals surface area contributed by atoms with E-state index in [-0.39, 0.29) is 0 Å². The number of benzene rings is 7. The molecule has 0 atom stereocenters. The predicted molar refractivity (Wildman–Crippen MR) is 301 cm³/mol. The molecule has 0 aliphatic rings. The van der Waals surface area contributed by atoms with E-state index in [2.05, 4.69) is 135 Å². The van der Waals surface area contributed by atoms with Crippen molar-refractivity contribution in [3.63, 3.8) is 0 Å². The van der Waals surface area contributed by atoms with Gasteiger partial charge in [-0.1, -0.05) is 116 Å². The largest absolute Gasteiger partial charge is 0.456 e. The maximum Gasteiger partial charge on any atom is 0.164 e. The van der Waals surface area contributed by atoms with Crippen molar-refractivity contribution in [3.05, 3.63) is 97.1 Å². The lowest BCUT2D eigenvalue weighted by Gasteiger charge is -2.25. The Bertz CT molecular complexity index is 3470. The summed E-state index contributed by atoms with van der Waals surface area (Å²) in [5, 5.41) is 4.81. The minimum absolute atomic E-state index is 0.599. The number of aromatic nitrogens is 4. The van der Waals surface area contributed by atoms with Crippen molar-refractivity contribution in [1.29, 1.82) is 0 Å². The van der Waals surface area contributed by atoms with Crippen LogP contribution in [0, 0.1) is 0 Å². The molecule has 7 aromatic carbocycles. The molecule has 5 nitrogen and oxygen atoms in total. The Morgan fingerprint density at radius 1 is 0.355 bits per heavy atom. The average Bonchev–Trinajstić information content (AvgIpc) is 3.86. The Kier molecular flexibility index (Phi) is 9.55. The van der Waals surface area contributed by atoms with Gasteiger partial charge in [0, 0.05) is 38.5 Å². The Morgan fingerprint density at radius 2 is 0.806 bits per heavy atom. The van der Waals surface area contributed by atoms with Crippen molar-refractivity contribution in [2.24, 2.45) is 0 Å². The van der Waals surface area contributed by atoms with Crippen molar-refractivity contribution in [2.75, 3.05) is 0 Å². The van der Waals surface area contributed by atoms with Gasteiger partial charge in [0.05, 0.1) is 11.1 Å². The number of nitrogens with zero attached hydrogens (tertiary/aromatic N) is 4. The summed E-state index contributed by atoms with van der Waals surface area (Å²) < 4.78 is 9.40. The first-order valence-electron chi connectivity index (χ1n) is 21.7. The van der Waals surface area contributed by atoms with Gasteiger partial charge < -0.3 is 8.98 Å². The molecule has 0 unspecified atom stereocenters. The third-order valence-corrected chi connectivity index (χ3v) is 14.6. The minimum atomic E-state index is 0.599. The molecule has 0 spiro atoms. The quantitative estimate of drug-likeness (QED) is 0.163. The second-order valence-electron chi connectivity index (χ2n) is 17.5. The van der Waals surface area contributed by atoms with E-state index in [0.29, 0.717) is 17.5 Å². The maximum absolute atomic E-state index is 6.83. The summed E-state index contributed by atoms with van der Waals surface area (Å²) in [6.45, 7) is 0.